The predicted octanol–water partition coefficient (Wildman–Crippen LogP) is 3.32. The Morgan fingerprint density at radius 2 is 1.92 bits per heavy atom. The van der Waals surface area contributed by atoms with Gasteiger partial charge in [0.1, 0.15) is 6.61 Å². The van der Waals surface area contributed by atoms with Crippen molar-refractivity contribution in [3.8, 4) is 11.5 Å². The van der Waals surface area contributed by atoms with Gasteiger partial charge in [0.05, 0.1) is 20.3 Å². The van der Waals surface area contributed by atoms with Gasteiger partial charge in [-0.2, -0.15) is 0 Å². The molecular formula is C19H34IN3O3. The zero-order valence-electron chi connectivity index (χ0n) is 16.2. The summed E-state index contributed by atoms with van der Waals surface area (Å²) in [5, 5.41) is 15.5. The number of hydrogen-bond acceptors (Lipinski definition) is 4. The molecule has 0 unspecified atom stereocenters. The smallest absolute Gasteiger partial charge is 0.191 e. The summed E-state index contributed by atoms with van der Waals surface area (Å²) in [6, 6.07) is 5.73. The number of benzene rings is 1. The minimum atomic E-state index is -0.0226. The summed E-state index contributed by atoms with van der Waals surface area (Å²) in [4.78, 5) is 4.63. The molecule has 1 aromatic rings. The molecule has 0 aliphatic heterocycles. The monoisotopic (exact) mass is 479 g/mol. The number of aliphatic hydroxyl groups excluding tert-OH is 1. The molecule has 6 nitrogen and oxygen atoms in total. The predicted molar refractivity (Wildman–Crippen MR) is 118 cm³/mol. The van der Waals surface area contributed by atoms with Crippen molar-refractivity contribution in [2.75, 3.05) is 33.4 Å². The lowest BCUT2D eigenvalue weighted by Gasteiger charge is -2.13. The Morgan fingerprint density at radius 3 is 2.58 bits per heavy atom. The number of guanidine groups is 1. The molecule has 26 heavy (non-hydrogen) atoms. The lowest BCUT2D eigenvalue weighted by Crippen LogP contribution is -2.37. The van der Waals surface area contributed by atoms with Crippen LogP contribution in [0.2, 0.25) is 0 Å². The van der Waals surface area contributed by atoms with E-state index in [4.69, 9.17) is 14.6 Å². The van der Waals surface area contributed by atoms with Gasteiger partial charge in [0.2, 0.25) is 0 Å². The van der Waals surface area contributed by atoms with Crippen LogP contribution in [0, 0.1) is 0 Å². The van der Waals surface area contributed by atoms with Crippen molar-refractivity contribution in [1.82, 2.24) is 10.6 Å². The molecule has 0 atom stereocenters. The maximum Gasteiger partial charge on any atom is 0.191 e. The Kier molecular flexibility index (Phi) is 15.2. The van der Waals surface area contributed by atoms with E-state index in [0.717, 1.165) is 31.0 Å². The number of methoxy groups -OCH3 is 1. The van der Waals surface area contributed by atoms with Gasteiger partial charge in [0.25, 0.3) is 0 Å². The topological polar surface area (TPSA) is 75.1 Å². The molecule has 0 aromatic heterocycles. The lowest BCUT2D eigenvalue weighted by molar-refractivity contribution is 0.196. The van der Waals surface area contributed by atoms with Crippen molar-refractivity contribution in [3.63, 3.8) is 0 Å². The van der Waals surface area contributed by atoms with Gasteiger partial charge in [-0.05, 0) is 31.0 Å². The van der Waals surface area contributed by atoms with Crippen LogP contribution in [0.3, 0.4) is 0 Å². The van der Waals surface area contributed by atoms with E-state index in [1.54, 1.807) is 7.11 Å². The van der Waals surface area contributed by atoms with Gasteiger partial charge in [0.15, 0.2) is 17.5 Å². The number of unbranched alkanes of at least 4 members (excludes halogenated alkanes) is 3. The van der Waals surface area contributed by atoms with Crippen molar-refractivity contribution < 1.29 is 14.6 Å². The van der Waals surface area contributed by atoms with Crippen molar-refractivity contribution in [2.45, 2.75) is 46.1 Å². The van der Waals surface area contributed by atoms with Crippen LogP contribution < -0.4 is 20.1 Å². The Bertz CT molecular complexity index is 513. The fourth-order valence-corrected chi connectivity index (χ4v) is 2.36. The van der Waals surface area contributed by atoms with Crippen molar-refractivity contribution in [2.24, 2.45) is 4.99 Å². The second-order valence-corrected chi connectivity index (χ2v) is 5.74. The van der Waals surface area contributed by atoms with E-state index in [-0.39, 0.29) is 37.2 Å². The fraction of sp³-hybridized carbons (Fsp3) is 0.632. The molecule has 0 aliphatic rings. The summed E-state index contributed by atoms with van der Waals surface area (Å²) in [7, 11) is 1.61. The molecule has 0 saturated carbocycles. The van der Waals surface area contributed by atoms with Gasteiger partial charge >= 0.3 is 0 Å². The first-order chi connectivity index (χ1) is 12.2. The van der Waals surface area contributed by atoms with Crippen LogP contribution in [0.4, 0.5) is 0 Å². The van der Waals surface area contributed by atoms with E-state index in [0.29, 0.717) is 18.0 Å². The molecule has 0 aliphatic carbocycles. The summed E-state index contributed by atoms with van der Waals surface area (Å²) in [6.45, 7) is 6.82. The molecule has 7 heteroatoms. The van der Waals surface area contributed by atoms with Gasteiger partial charge < -0.3 is 25.2 Å². The van der Waals surface area contributed by atoms with E-state index in [1.807, 2.05) is 18.2 Å². The van der Waals surface area contributed by atoms with Crippen LogP contribution in [0.5, 0.6) is 11.5 Å². The molecule has 0 heterocycles. The summed E-state index contributed by atoms with van der Waals surface area (Å²) >= 11 is 0. The maximum absolute atomic E-state index is 8.86. The quantitative estimate of drug-likeness (QED) is 0.186. The van der Waals surface area contributed by atoms with Crippen LogP contribution in [0.25, 0.3) is 0 Å². The van der Waals surface area contributed by atoms with Gasteiger partial charge in [-0.25, -0.2) is 4.99 Å². The highest BCUT2D eigenvalue weighted by Crippen LogP contribution is 2.28. The zero-order chi connectivity index (χ0) is 18.3. The fourth-order valence-electron chi connectivity index (χ4n) is 2.36. The molecule has 3 N–H and O–H groups in total. The SMILES string of the molecule is CCCCCCNC(=NCc1ccc(OCCO)c(OC)c1)NCC.I. The van der Waals surface area contributed by atoms with Crippen LogP contribution >= 0.6 is 24.0 Å². The lowest BCUT2D eigenvalue weighted by atomic mass is 10.2. The number of ether oxygens (including phenoxy) is 2. The number of aliphatic hydroxyl groups is 1. The number of aliphatic imine (C=N–C) groups is 1. The van der Waals surface area contributed by atoms with Gasteiger partial charge in [-0.3, -0.25) is 0 Å². The molecule has 0 fully saturated rings. The normalized spacial score (nSPS) is 10.8. The van der Waals surface area contributed by atoms with E-state index < -0.39 is 0 Å². The van der Waals surface area contributed by atoms with Crippen LogP contribution in [0.15, 0.2) is 23.2 Å². The van der Waals surface area contributed by atoms with Crippen LogP contribution in [0.1, 0.15) is 45.1 Å². The second-order valence-electron chi connectivity index (χ2n) is 5.74. The first-order valence-corrected chi connectivity index (χ1v) is 9.17. The average Bonchev–Trinajstić information content (AvgIpc) is 2.64. The molecule has 0 radical (unpaired) electrons. The average molecular weight is 479 g/mol. The highest BCUT2D eigenvalue weighted by Gasteiger charge is 2.06. The highest BCUT2D eigenvalue weighted by atomic mass is 127. The van der Waals surface area contributed by atoms with E-state index in [9.17, 15) is 0 Å². The number of hydrogen-bond donors (Lipinski definition) is 3. The number of nitrogens with zero attached hydrogens (tertiary/aromatic N) is 1. The molecule has 0 bridgehead atoms. The van der Waals surface area contributed by atoms with Crippen LogP contribution in [-0.2, 0) is 6.54 Å². The molecule has 1 aromatic carbocycles. The van der Waals surface area contributed by atoms with Gasteiger partial charge in [-0.1, -0.05) is 32.3 Å². The minimum absolute atomic E-state index is 0. The molecule has 0 saturated heterocycles. The Morgan fingerprint density at radius 1 is 1.12 bits per heavy atom. The first-order valence-electron chi connectivity index (χ1n) is 9.17. The van der Waals surface area contributed by atoms with Crippen molar-refractivity contribution in [1.29, 1.82) is 0 Å². The number of rotatable bonds is 12. The van der Waals surface area contributed by atoms with E-state index in [2.05, 4.69) is 29.5 Å². The summed E-state index contributed by atoms with van der Waals surface area (Å²) in [5.74, 6) is 2.11. The largest absolute Gasteiger partial charge is 0.493 e. The molecule has 0 spiro atoms. The highest BCUT2D eigenvalue weighted by molar-refractivity contribution is 14.0. The molecule has 1 rings (SSSR count). The van der Waals surface area contributed by atoms with Crippen LogP contribution in [-0.4, -0.2) is 44.5 Å². The first kappa shape index (κ1) is 24.8. The summed E-state index contributed by atoms with van der Waals surface area (Å²) in [6.07, 6.45) is 4.92. The summed E-state index contributed by atoms with van der Waals surface area (Å²) in [5.41, 5.74) is 1.04. The van der Waals surface area contributed by atoms with Gasteiger partial charge in [0, 0.05) is 13.1 Å². The zero-order valence-corrected chi connectivity index (χ0v) is 18.5. The third kappa shape index (κ3) is 10.1. The molecular weight excluding hydrogens is 445 g/mol. The number of nitrogens with one attached hydrogen (secondary N) is 2. The Labute approximate surface area is 174 Å². The third-order valence-electron chi connectivity index (χ3n) is 3.66. The van der Waals surface area contributed by atoms with Crippen molar-refractivity contribution >= 4 is 29.9 Å². The number of halogens is 1. The Hall–Kier alpha value is -1.22. The molecule has 0 amide bonds. The standard InChI is InChI=1S/C19H33N3O3.HI/c1-4-6-7-8-11-21-19(20-5-2)22-15-16-9-10-17(25-13-12-23)18(14-16)24-3;/h9-10,14,23H,4-8,11-13,15H2,1-3H3,(H2,20,21,22);1H. The van der Waals surface area contributed by atoms with Gasteiger partial charge in [-0.15, -0.1) is 24.0 Å². The molecule has 150 valence electrons. The van der Waals surface area contributed by atoms with E-state index >= 15 is 0 Å². The minimum Gasteiger partial charge on any atom is -0.493 e. The maximum atomic E-state index is 8.86. The van der Waals surface area contributed by atoms with E-state index in [1.165, 1.54) is 19.3 Å². The van der Waals surface area contributed by atoms with Crippen molar-refractivity contribution in [3.05, 3.63) is 23.8 Å². The Balaban J connectivity index is 0.00000625. The third-order valence-corrected chi connectivity index (χ3v) is 3.66. The second kappa shape index (κ2) is 16.0. The summed E-state index contributed by atoms with van der Waals surface area (Å²) < 4.78 is 10.8.